The summed E-state index contributed by atoms with van der Waals surface area (Å²) in [5.41, 5.74) is 1.95. The van der Waals surface area contributed by atoms with Crippen molar-refractivity contribution in [1.82, 2.24) is 4.98 Å². The fourth-order valence-electron chi connectivity index (χ4n) is 1.53. The molecule has 0 radical (unpaired) electrons. The number of hydrogen-bond acceptors (Lipinski definition) is 3. The Morgan fingerprint density at radius 2 is 2.06 bits per heavy atom. The molecule has 0 N–H and O–H groups in total. The summed E-state index contributed by atoms with van der Waals surface area (Å²) in [6, 6.07) is 10.1. The predicted octanol–water partition coefficient (Wildman–Crippen LogP) is 3.23. The molecule has 0 saturated carbocycles. The normalized spacial score (nSPS) is 10.2. The van der Waals surface area contributed by atoms with E-state index in [1.54, 1.807) is 24.4 Å². The van der Waals surface area contributed by atoms with E-state index in [-0.39, 0.29) is 5.69 Å². The summed E-state index contributed by atoms with van der Waals surface area (Å²) < 4.78 is 0. The van der Waals surface area contributed by atoms with Gasteiger partial charge >= 0.3 is 0 Å². The molecule has 0 bridgehead atoms. The van der Waals surface area contributed by atoms with E-state index in [2.05, 4.69) is 4.98 Å². The summed E-state index contributed by atoms with van der Waals surface area (Å²) in [6.45, 7) is 0. The van der Waals surface area contributed by atoms with Gasteiger partial charge in [0.2, 0.25) is 0 Å². The second-order valence-corrected chi connectivity index (χ2v) is 3.98. The fourth-order valence-corrected chi connectivity index (χ4v) is 1.64. The second kappa shape index (κ2) is 4.93. The minimum atomic E-state index is -0.399. The van der Waals surface area contributed by atoms with Crippen molar-refractivity contribution in [2.45, 2.75) is 6.42 Å². The van der Waals surface area contributed by atoms with Crippen molar-refractivity contribution in [2.75, 3.05) is 0 Å². The van der Waals surface area contributed by atoms with Crippen LogP contribution in [0.15, 0.2) is 42.6 Å². The molecule has 2 rings (SSSR count). The van der Waals surface area contributed by atoms with E-state index in [9.17, 15) is 10.1 Å². The third kappa shape index (κ3) is 3.01. The van der Waals surface area contributed by atoms with Crippen LogP contribution in [-0.4, -0.2) is 9.91 Å². The maximum Gasteiger partial charge on any atom is 0.269 e. The van der Waals surface area contributed by atoms with E-state index in [0.29, 0.717) is 11.6 Å². The molecule has 0 unspecified atom stereocenters. The number of halogens is 1. The van der Waals surface area contributed by atoms with Crippen molar-refractivity contribution in [2.24, 2.45) is 0 Å². The highest BCUT2D eigenvalue weighted by Crippen LogP contribution is 2.16. The molecule has 1 aromatic heterocycles. The SMILES string of the molecule is O=[N+]([O-])c1cccc(Cc2ccc(Cl)nc2)c1. The second-order valence-electron chi connectivity index (χ2n) is 3.59. The summed E-state index contributed by atoms with van der Waals surface area (Å²) in [5, 5.41) is 11.1. The minimum absolute atomic E-state index is 0.101. The first-order valence-electron chi connectivity index (χ1n) is 4.99. The molecule has 0 aliphatic carbocycles. The van der Waals surface area contributed by atoms with Gasteiger partial charge in [-0.05, 0) is 23.6 Å². The Hall–Kier alpha value is -1.94. The highest BCUT2D eigenvalue weighted by atomic mass is 35.5. The van der Waals surface area contributed by atoms with Gasteiger partial charge in [-0.25, -0.2) is 4.98 Å². The summed E-state index contributed by atoms with van der Waals surface area (Å²) in [5.74, 6) is 0. The number of nitrogens with zero attached hydrogens (tertiary/aromatic N) is 2. The third-order valence-corrected chi connectivity index (χ3v) is 2.54. The topological polar surface area (TPSA) is 56.0 Å². The standard InChI is InChI=1S/C12H9ClN2O2/c13-12-5-4-10(8-14-12)6-9-2-1-3-11(7-9)15(16)17/h1-5,7-8H,6H2. The zero-order valence-electron chi connectivity index (χ0n) is 8.84. The van der Waals surface area contributed by atoms with Crippen molar-refractivity contribution in [3.8, 4) is 0 Å². The van der Waals surface area contributed by atoms with E-state index in [1.165, 1.54) is 6.07 Å². The Morgan fingerprint density at radius 3 is 2.71 bits per heavy atom. The number of pyridine rings is 1. The van der Waals surface area contributed by atoms with Crippen molar-refractivity contribution >= 4 is 17.3 Å². The molecule has 0 saturated heterocycles. The Morgan fingerprint density at radius 1 is 1.24 bits per heavy atom. The van der Waals surface area contributed by atoms with Crippen LogP contribution in [0.2, 0.25) is 5.15 Å². The van der Waals surface area contributed by atoms with Gasteiger partial charge in [-0.3, -0.25) is 10.1 Å². The molecular formula is C12H9ClN2O2. The molecule has 4 nitrogen and oxygen atoms in total. The molecule has 0 amide bonds. The van der Waals surface area contributed by atoms with Gasteiger partial charge in [0, 0.05) is 18.3 Å². The van der Waals surface area contributed by atoms with E-state index in [0.717, 1.165) is 11.1 Å². The minimum Gasteiger partial charge on any atom is -0.258 e. The molecular weight excluding hydrogens is 240 g/mol. The monoisotopic (exact) mass is 248 g/mol. The Labute approximate surface area is 103 Å². The highest BCUT2D eigenvalue weighted by molar-refractivity contribution is 6.29. The summed E-state index contributed by atoms with van der Waals surface area (Å²) >= 11 is 5.68. The number of aromatic nitrogens is 1. The Bertz CT molecular complexity index is 540. The summed E-state index contributed by atoms with van der Waals surface area (Å²) in [4.78, 5) is 14.2. The largest absolute Gasteiger partial charge is 0.269 e. The molecule has 0 spiro atoms. The van der Waals surface area contributed by atoms with Crippen LogP contribution in [0.4, 0.5) is 5.69 Å². The lowest BCUT2D eigenvalue weighted by Crippen LogP contribution is -1.92. The molecule has 86 valence electrons. The van der Waals surface area contributed by atoms with Gasteiger partial charge in [0.15, 0.2) is 0 Å². The van der Waals surface area contributed by atoms with Crippen molar-refractivity contribution in [3.05, 3.63) is 69.0 Å². The molecule has 0 aliphatic rings. The lowest BCUT2D eigenvalue weighted by atomic mass is 10.1. The predicted molar refractivity (Wildman–Crippen MR) is 65.1 cm³/mol. The van der Waals surface area contributed by atoms with E-state index < -0.39 is 4.92 Å². The quantitative estimate of drug-likeness (QED) is 0.476. The van der Waals surface area contributed by atoms with E-state index in [4.69, 9.17) is 11.6 Å². The number of benzene rings is 1. The molecule has 0 aliphatic heterocycles. The maximum atomic E-state index is 10.6. The average molecular weight is 249 g/mol. The number of hydrogen-bond donors (Lipinski definition) is 0. The molecule has 0 fully saturated rings. The van der Waals surface area contributed by atoms with E-state index >= 15 is 0 Å². The lowest BCUT2D eigenvalue weighted by molar-refractivity contribution is -0.384. The van der Waals surface area contributed by atoms with Crippen molar-refractivity contribution in [1.29, 1.82) is 0 Å². The van der Waals surface area contributed by atoms with Crippen LogP contribution < -0.4 is 0 Å². The highest BCUT2D eigenvalue weighted by Gasteiger charge is 2.06. The van der Waals surface area contributed by atoms with Crippen LogP contribution in [0.5, 0.6) is 0 Å². The van der Waals surface area contributed by atoms with Crippen LogP contribution in [0.3, 0.4) is 0 Å². The van der Waals surface area contributed by atoms with Crippen molar-refractivity contribution < 1.29 is 4.92 Å². The number of rotatable bonds is 3. The van der Waals surface area contributed by atoms with Crippen molar-refractivity contribution in [3.63, 3.8) is 0 Å². The molecule has 1 heterocycles. The third-order valence-electron chi connectivity index (χ3n) is 2.32. The van der Waals surface area contributed by atoms with E-state index in [1.807, 2.05) is 12.1 Å². The van der Waals surface area contributed by atoms with Gasteiger partial charge in [-0.2, -0.15) is 0 Å². The zero-order valence-corrected chi connectivity index (χ0v) is 9.59. The van der Waals surface area contributed by atoms with Crippen LogP contribution >= 0.6 is 11.6 Å². The van der Waals surface area contributed by atoms with Crippen LogP contribution in [0.25, 0.3) is 0 Å². The molecule has 17 heavy (non-hydrogen) atoms. The Kier molecular flexibility index (Phi) is 3.35. The van der Waals surface area contributed by atoms with Gasteiger partial charge in [0.1, 0.15) is 5.15 Å². The van der Waals surface area contributed by atoms with Gasteiger partial charge in [0.25, 0.3) is 5.69 Å². The number of nitro benzene ring substituents is 1. The first-order chi connectivity index (χ1) is 8.15. The fraction of sp³-hybridized carbons (Fsp3) is 0.0833. The van der Waals surface area contributed by atoms with Crippen LogP contribution in [0.1, 0.15) is 11.1 Å². The summed E-state index contributed by atoms with van der Waals surface area (Å²) in [6.07, 6.45) is 2.27. The number of nitro groups is 1. The van der Waals surface area contributed by atoms with Gasteiger partial charge in [-0.15, -0.1) is 0 Å². The maximum absolute atomic E-state index is 10.6. The summed E-state index contributed by atoms with van der Waals surface area (Å²) in [7, 11) is 0. The molecule has 0 atom stereocenters. The Balaban J connectivity index is 2.21. The number of non-ortho nitro benzene ring substituents is 1. The smallest absolute Gasteiger partial charge is 0.258 e. The molecule has 1 aromatic carbocycles. The first-order valence-corrected chi connectivity index (χ1v) is 5.37. The first kappa shape index (κ1) is 11.5. The van der Waals surface area contributed by atoms with Gasteiger partial charge < -0.3 is 0 Å². The van der Waals surface area contributed by atoms with Gasteiger partial charge in [-0.1, -0.05) is 29.8 Å². The van der Waals surface area contributed by atoms with Gasteiger partial charge in [0.05, 0.1) is 4.92 Å². The lowest BCUT2D eigenvalue weighted by Gasteiger charge is -2.01. The van der Waals surface area contributed by atoms with Crippen LogP contribution in [0, 0.1) is 10.1 Å². The molecule has 2 aromatic rings. The average Bonchev–Trinajstić information content (AvgIpc) is 2.32. The zero-order chi connectivity index (χ0) is 12.3. The van der Waals surface area contributed by atoms with Crippen LogP contribution in [-0.2, 0) is 6.42 Å². The molecule has 5 heteroatoms.